The van der Waals surface area contributed by atoms with E-state index in [4.69, 9.17) is 9.73 Å². The number of aromatic nitrogens is 2. The van der Waals surface area contributed by atoms with Crippen LogP contribution in [0.15, 0.2) is 53.5 Å². The molecule has 0 saturated carbocycles. The van der Waals surface area contributed by atoms with Crippen LogP contribution in [0.1, 0.15) is 34.2 Å². The number of carbonyl (C=O) groups excluding carboxylic acids is 1. The van der Waals surface area contributed by atoms with E-state index in [1.807, 2.05) is 80.0 Å². The number of nitrogens with one attached hydrogen (secondary N) is 2. The van der Waals surface area contributed by atoms with Crippen LogP contribution in [-0.4, -0.2) is 42.9 Å². The molecule has 1 heterocycles. The number of carbonyl (C=O) groups is 1. The molecule has 0 aliphatic rings. The fourth-order valence-corrected chi connectivity index (χ4v) is 3.46. The highest BCUT2D eigenvalue weighted by atomic mass is 16.5. The van der Waals surface area contributed by atoms with Crippen LogP contribution in [0.5, 0.6) is 5.75 Å². The molecule has 0 fully saturated rings. The van der Waals surface area contributed by atoms with Gasteiger partial charge in [-0.15, -0.1) is 0 Å². The van der Waals surface area contributed by atoms with E-state index in [1.54, 1.807) is 13.2 Å². The van der Waals surface area contributed by atoms with Crippen LogP contribution in [0.3, 0.4) is 0 Å². The zero-order valence-electron chi connectivity index (χ0n) is 20.1. The fourth-order valence-electron chi connectivity index (χ4n) is 3.46. The van der Waals surface area contributed by atoms with E-state index in [-0.39, 0.29) is 5.91 Å². The SMILES string of the molecule is CCn1nc(C)c(CN=C(NC(=O)c2cccc(N(C)C)c2)Nc2ccc(OC)cc2)c1C. The van der Waals surface area contributed by atoms with Gasteiger partial charge in [0.1, 0.15) is 5.75 Å². The highest BCUT2D eigenvalue weighted by Gasteiger charge is 2.13. The maximum atomic E-state index is 13.0. The van der Waals surface area contributed by atoms with Crippen molar-refractivity contribution in [3.63, 3.8) is 0 Å². The van der Waals surface area contributed by atoms with Gasteiger partial charge in [0.15, 0.2) is 0 Å². The molecule has 0 radical (unpaired) electrons. The van der Waals surface area contributed by atoms with Crippen LogP contribution in [-0.2, 0) is 13.1 Å². The number of guanidine groups is 1. The van der Waals surface area contributed by atoms with E-state index < -0.39 is 0 Å². The summed E-state index contributed by atoms with van der Waals surface area (Å²) >= 11 is 0. The van der Waals surface area contributed by atoms with E-state index in [9.17, 15) is 4.79 Å². The van der Waals surface area contributed by atoms with Crippen molar-refractivity contribution in [2.24, 2.45) is 4.99 Å². The van der Waals surface area contributed by atoms with Crippen molar-refractivity contribution in [2.75, 3.05) is 31.4 Å². The fraction of sp³-hybridized carbons (Fsp3) is 0.320. The first-order chi connectivity index (χ1) is 15.8. The zero-order valence-corrected chi connectivity index (χ0v) is 20.1. The van der Waals surface area contributed by atoms with Gasteiger partial charge in [-0.05, 0) is 63.2 Å². The van der Waals surface area contributed by atoms with Crippen molar-refractivity contribution in [3.05, 3.63) is 71.0 Å². The van der Waals surface area contributed by atoms with Gasteiger partial charge in [0.05, 0.1) is 19.3 Å². The summed E-state index contributed by atoms with van der Waals surface area (Å²) in [6, 6.07) is 14.9. The third-order valence-electron chi connectivity index (χ3n) is 5.44. The quantitative estimate of drug-likeness (QED) is 0.422. The minimum absolute atomic E-state index is 0.240. The van der Waals surface area contributed by atoms with Crippen LogP contribution >= 0.6 is 0 Å². The smallest absolute Gasteiger partial charge is 0.258 e. The summed E-state index contributed by atoms with van der Waals surface area (Å²) in [5, 5.41) is 10.7. The second-order valence-corrected chi connectivity index (χ2v) is 7.88. The first-order valence-corrected chi connectivity index (χ1v) is 10.9. The molecular formula is C25H32N6O2. The van der Waals surface area contributed by atoms with E-state index in [1.165, 1.54) is 0 Å². The second-order valence-electron chi connectivity index (χ2n) is 7.88. The number of rotatable bonds is 7. The summed E-state index contributed by atoms with van der Waals surface area (Å²) < 4.78 is 7.19. The molecule has 3 rings (SSSR count). The molecule has 0 bridgehead atoms. The van der Waals surface area contributed by atoms with Gasteiger partial charge in [-0.1, -0.05) is 6.07 Å². The predicted octanol–water partition coefficient (Wildman–Crippen LogP) is 3.99. The highest BCUT2D eigenvalue weighted by Crippen LogP contribution is 2.17. The van der Waals surface area contributed by atoms with Crippen LogP contribution in [0.4, 0.5) is 11.4 Å². The molecule has 8 nitrogen and oxygen atoms in total. The number of nitrogens with zero attached hydrogens (tertiary/aromatic N) is 4. The van der Waals surface area contributed by atoms with Crippen molar-refractivity contribution < 1.29 is 9.53 Å². The van der Waals surface area contributed by atoms with E-state index in [0.29, 0.717) is 18.1 Å². The minimum Gasteiger partial charge on any atom is -0.497 e. The third kappa shape index (κ3) is 5.91. The Morgan fingerprint density at radius 2 is 1.88 bits per heavy atom. The maximum Gasteiger partial charge on any atom is 0.258 e. The van der Waals surface area contributed by atoms with Gasteiger partial charge in [0.2, 0.25) is 5.96 Å². The number of aryl methyl sites for hydroxylation is 2. The average Bonchev–Trinajstić information content (AvgIpc) is 3.10. The predicted molar refractivity (Wildman–Crippen MR) is 133 cm³/mol. The molecular weight excluding hydrogens is 416 g/mol. The lowest BCUT2D eigenvalue weighted by Crippen LogP contribution is -2.36. The minimum atomic E-state index is -0.240. The lowest BCUT2D eigenvalue weighted by molar-refractivity contribution is 0.0977. The van der Waals surface area contributed by atoms with Crippen molar-refractivity contribution in [1.82, 2.24) is 15.1 Å². The van der Waals surface area contributed by atoms with Crippen molar-refractivity contribution >= 4 is 23.2 Å². The van der Waals surface area contributed by atoms with Crippen molar-refractivity contribution in [1.29, 1.82) is 0 Å². The van der Waals surface area contributed by atoms with Crippen molar-refractivity contribution in [3.8, 4) is 5.75 Å². The largest absolute Gasteiger partial charge is 0.497 e. The number of aliphatic imine (C=N–C) groups is 1. The molecule has 33 heavy (non-hydrogen) atoms. The molecule has 0 saturated heterocycles. The van der Waals surface area contributed by atoms with E-state index in [0.717, 1.165) is 40.6 Å². The number of benzene rings is 2. The molecule has 0 spiro atoms. The molecule has 0 unspecified atom stereocenters. The van der Waals surface area contributed by atoms with Crippen LogP contribution in [0, 0.1) is 13.8 Å². The molecule has 0 aliphatic carbocycles. The van der Waals surface area contributed by atoms with Crippen LogP contribution < -0.4 is 20.3 Å². The van der Waals surface area contributed by atoms with Crippen molar-refractivity contribution in [2.45, 2.75) is 33.9 Å². The monoisotopic (exact) mass is 448 g/mol. The Labute approximate surface area is 195 Å². The summed E-state index contributed by atoms with van der Waals surface area (Å²) in [4.78, 5) is 19.7. The zero-order chi connectivity index (χ0) is 24.0. The molecule has 1 aromatic heterocycles. The van der Waals surface area contributed by atoms with E-state index in [2.05, 4.69) is 22.7 Å². The number of hydrogen-bond donors (Lipinski definition) is 2. The maximum absolute atomic E-state index is 13.0. The molecule has 0 aliphatic heterocycles. The van der Waals surface area contributed by atoms with Gasteiger partial charge < -0.3 is 15.0 Å². The topological polar surface area (TPSA) is 83.8 Å². The van der Waals surface area contributed by atoms with Crippen LogP contribution in [0.25, 0.3) is 0 Å². The Balaban J connectivity index is 1.87. The summed E-state index contributed by atoms with van der Waals surface area (Å²) in [7, 11) is 5.51. The number of methoxy groups -OCH3 is 1. The first kappa shape index (κ1) is 23.8. The highest BCUT2D eigenvalue weighted by molar-refractivity contribution is 6.10. The number of ether oxygens (including phenoxy) is 1. The lowest BCUT2D eigenvalue weighted by atomic mass is 10.2. The number of amides is 1. The van der Waals surface area contributed by atoms with Gasteiger partial charge in [0.25, 0.3) is 5.91 Å². The Kier molecular flexibility index (Phi) is 7.71. The van der Waals surface area contributed by atoms with Gasteiger partial charge in [-0.2, -0.15) is 5.10 Å². The normalized spacial score (nSPS) is 11.3. The summed E-state index contributed by atoms with van der Waals surface area (Å²) in [6.07, 6.45) is 0. The molecule has 1 amide bonds. The number of hydrogen-bond acceptors (Lipinski definition) is 5. The molecule has 8 heteroatoms. The molecule has 0 atom stereocenters. The molecule has 2 aromatic carbocycles. The van der Waals surface area contributed by atoms with Gasteiger partial charge in [0, 0.05) is 48.8 Å². The second kappa shape index (κ2) is 10.7. The standard InChI is InChI=1S/C25H32N6O2/c1-7-31-18(3)23(17(2)29-31)16-26-25(27-20-11-13-22(33-6)14-12-20)28-24(32)19-9-8-10-21(15-19)30(4)5/h8-15H,7,16H2,1-6H3,(H2,26,27,28,32). The lowest BCUT2D eigenvalue weighted by Gasteiger charge is -2.15. The molecule has 3 aromatic rings. The average molecular weight is 449 g/mol. The van der Waals surface area contributed by atoms with Gasteiger partial charge in [-0.3, -0.25) is 14.8 Å². The third-order valence-corrected chi connectivity index (χ3v) is 5.44. The molecule has 174 valence electrons. The Hall–Kier alpha value is -3.81. The summed E-state index contributed by atoms with van der Waals surface area (Å²) in [5.41, 5.74) is 5.35. The Bertz CT molecular complexity index is 1130. The Morgan fingerprint density at radius 3 is 2.48 bits per heavy atom. The summed E-state index contributed by atoms with van der Waals surface area (Å²) in [6.45, 7) is 7.27. The van der Waals surface area contributed by atoms with Gasteiger partial charge in [-0.25, -0.2) is 4.99 Å². The van der Waals surface area contributed by atoms with E-state index >= 15 is 0 Å². The number of anilines is 2. The van der Waals surface area contributed by atoms with Crippen LogP contribution in [0.2, 0.25) is 0 Å². The van der Waals surface area contributed by atoms with Gasteiger partial charge >= 0.3 is 0 Å². The summed E-state index contributed by atoms with van der Waals surface area (Å²) in [5.74, 6) is 0.876. The first-order valence-electron chi connectivity index (χ1n) is 10.9. The molecule has 2 N–H and O–H groups in total. The Morgan fingerprint density at radius 1 is 1.15 bits per heavy atom.